The van der Waals surface area contributed by atoms with Crippen molar-refractivity contribution in [2.24, 2.45) is 10.9 Å². The maximum absolute atomic E-state index is 14.5. The number of carbonyl (C=O) groups is 4. The first kappa shape index (κ1) is 23.0. The fourth-order valence-corrected chi connectivity index (χ4v) is 3.89. The van der Waals surface area contributed by atoms with Crippen LogP contribution in [0, 0.1) is 5.92 Å². The van der Waals surface area contributed by atoms with Gasteiger partial charge in [-0.2, -0.15) is 18.2 Å². The fourth-order valence-electron chi connectivity index (χ4n) is 3.89. The number of aliphatic imine (C=N–C) groups is 1. The zero-order valence-electron chi connectivity index (χ0n) is 17.6. The first-order valence-electron chi connectivity index (χ1n) is 10.1. The van der Waals surface area contributed by atoms with Gasteiger partial charge in [-0.25, -0.2) is 9.69 Å². The minimum atomic E-state index is -5.45. The van der Waals surface area contributed by atoms with Crippen molar-refractivity contribution >= 4 is 35.3 Å². The Kier molecular flexibility index (Phi) is 5.59. The third kappa shape index (κ3) is 3.47. The summed E-state index contributed by atoms with van der Waals surface area (Å²) in [5.74, 6) is -7.64. The fraction of sp³-hybridized carbons (Fsp3) is 0.227. The molecule has 4 rings (SSSR count). The van der Waals surface area contributed by atoms with Crippen LogP contribution in [0.3, 0.4) is 0 Å². The summed E-state index contributed by atoms with van der Waals surface area (Å²) in [6, 6.07) is 11.8. The molecule has 9 nitrogen and oxygen atoms in total. The summed E-state index contributed by atoms with van der Waals surface area (Å²) < 4.78 is 48.9. The summed E-state index contributed by atoms with van der Waals surface area (Å²) >= 11 is 0. The van der Waals surface area contributed by atoms with Crippen LogP contribution in [-0.4, -0.2) is 47.9 Å². The Morgan fingerprint density at radius 3 is 2.41 bits per heavy atom. The highest BCUT2D eigenvalue weighted by Gasteiger charge is 2.74. The maximum atomic E-state index is 14.5. The molecule has 2 unspecified atom stereocenters. The van der Waals surface area contributed by atoms with E-state index < -0.39 is 47.2 Å². The number of urea groups is 1. The lowest BCUT2D eigenvalue weighted by Gasteiger charge is -2.39. The Balaban J connectivity index is 1.82. The molecule has 2 aliphatic heterocycles. The number of imide groups is 1. The van der Waals surface area contributed by atoms with Gasteiger partial charge in [-0.1, -0.05) is 30.3 Å². The number of amides is 5. The molecule has 2 aromatic carbocycles. The first-order valence-corrected chi connectivity index (χ1v) is 10.1. The van der Waals surface area contributed by atoms with Gasteiger partial charge in [0.1, 0.15) is 17.5 Å². The van der Waals surface area contributed by atoms with Crippen molar-refractivity contribution in [3.63, 3.8) is 0 Å². The number of amidine groups is 1. The molecule has 34 heavy (non-hydrogen) atoms. The number of para-hydroxylation sites is 2. The van der Waals surface area contributed by atoms with E-state index in [9.17, 15) is 32.3 Å². The molecule has 0 aromatic heterocycles. The molecule has 176 valence electrons. The number of nitrogens with one attached hydrogen (secondary N) is 2. The summed E-state index contributed by atoms with van der Waals surface area (Å²) in [4.78, 5) is 55.2. The molecule has 1 saturated heterocycles. The van der Waals surface area contributed by atoms with Gasteiger partial charge in [0.25, 0.3) is 11.8 Å². The summed E-state index contributed by atoms with van der Waals surface area (Å²) in [7, 11) is 0. The van der Waals surface area contributed by atoms with E-state index in [0.29, 0.717) is 4.90 Å². The molecular formula is C22H17F3N4O5. The Hall–Kier alpha value is -4.22. The van der Waals surface area contributed by atoms with Crippen molar-refractivity contribution in [2.45, 2.75) is 18.6 Å². The van der Waals surface area contributed by atoms with Crippen LogP contribution in [-0.2, 0) is 9.59 Å². The molecule has 0 bridgehead atoms. The molecule has 5 amide bonds. The lowest BCUT2D eigenvalue weighted by atomic mass is 9.81. The Morgan fingerprint density at radius 1 is 1.12 bits per heavy atom. The van der Waals surface area contributed by atoms with Crippen molar-refractivity contribution in [3.05, 3.63) is 60.2 Å². The number of anilines is 1. The van der Waals surface area contributed by atoms with Crippen molar-refractivity contribution in [1.29, 1.82) is 0 Å². The molecule has 2 heterocycles. The number of carbonyl (C=O) groups excluding carboxylic acids is 4. The van der Waals surface area contributed by atoms with Gasteiger partial charge in [-0.05, 0) is 31.2 Å². The first-order chi connectivity index (χ1) is 16.1. The average molecular weight is 474 g/mol. The van der Waals surface area contributed by atoms with Crippen molar-refractivity contribution < 1.29 is 37.1 Å². The smallest absolute Gasteiger partial charge is 0.422 e. The van der Waals surface area contributed by atoms with Gasteiger partial charge in [-0.15, -0.1) is 0 Å². The third-order valence-electron chi connectivity index (χ3n) is 5.37. The van der Waals surface area contributed by atoms with Gasteiger partial charge in [0, 0.05) is 0 Å². The zero-order chi connectivity index (χ0) is 24.7. The number of benzene rings is 2. The van der Waals surface area contributed by atoms with Crippen LogP contribution in [0.25, 0.3) is 0 Å². The average Bonchev–Trinajstić information content (AvgIpc) is 3.08. The summed E-state index contributed by atoms with van der Waals surface area (Å²) in [6.45, 7) is 1.74. The highest BCUT2D eigenvalue weighted by molar-refractivity contribution is 6.35. The summed E-state index contributed by atoms with van der Waals surface area (Å²) in [5, 5.41) is 3.54. The SMILES string of the molecule is CCOc1ccccc1C(=O)NC1(C(F)(F)F)C(=O)N=C2C1C(=O)NC(=O)N2c1ccccc1. The molecule has 12 heteroatoms. The van der Waals surface area contributed by atoms with Gasteiger partial charge in [0.2, 0.25) is 11.4 Å². The Bertz CT molecular complexity index is 1210. The molecule has 0 spiro atoms. The monoisotopic (exact) mass is 474 g/mol. The molecule has 2 atom stereocenters. The minimum absolute atomic E-state index is 0.0133. The van der Waals surface area contributed by atoms with Crippen molar-refractivity contribution in [1.82, 2.24) is 10.6 Å². The molecule has 1 fully saturated rings. The summed E-state index contributed by atoms with van der Waals surface area (Å²) in [6.07, 6.45) is -5.45. The highest BCUT2D eigenvalue weighted by atomic mass is 19.4. The van der Waals surface area contributed by atoms with Gasteiger partial charge in [0.15, 0.2) is 0 Å². The van der Waals surface area contributed by atoms with Gasteiger partial charge in [-0.3, -0.25) is 19.7 Å². The molecule has 2 N–H and O–H groups in total. The number of ether oxygens (including phenoxy) is 1. The predicted octanol–water partition coefficient (Wildman–Crippen LogP) is 2.43. The number of fused-ring (bicyclic) bond motifs is 1. The zero-order valence-corrected chi connectivity index (χ0v) is 17.6. The van der Waals surface area contributed by atoms with Gasteiger partial charge >= 0.3 is 12.2 Å². The minimum Gasteiger partial charge on any atom is -0.493 e. The number of hydrogen-bond acceptors (Lipinski definition) is 5. The van der Waals surface area contributed by atoms with Gasteiger partial charge < -0.3 is 10.1 Å². The van der Waals surface area contributed by atoms with Crippen LogP contribution in [0.15, 0.2) is 59.6 Å². The van der Waals surface area contributed by atoms with Crippen LogP contribution in [0.1, 0.15) is 17.3 Å². The highest BCUT2D eigenvalue weighted by Crippen LogP contribution is 2.44. The maximum Gasteiger partial charge on any atom is 0.422 e. The standard InChI is InChI=1S/C22H17F3N4O5/c1-2-34-14-11-7-6-10-13(14)17(30)28-21(22(23,24)25)15-16(26-19(21)32)29(20(33)27-18(15)31)12-8-4-3-5-9-12/h3-11,15H,2H2,1H3,(H,28,30)(H,27,31,33). The van der Waals surface area contributed by atoms with Gasteiger partial charge in [0.05, 0.1) is 17.9 Å². The number of nitrogens with zero attached hydrogens (tertiary/aromatic N) is 2. The normalized spacial score (nSPS) is 22.1. The van der Waals surface area contributed by atoms with E-state index in [0.717, 1.165) is 0 Å². The second-order valence-corrected chi connectivity index (χ2v) is 7.36. The molecule has 0 saturated carbocycles. The van der Waals surface area contributed by atoms with Crippen LogP contribution < -0.4 is 20.3 Å². The number of rotatable bonds is 5. The molecule has 0 aliphatic carbocycles. The van der Waals surface area contributed by atoms with Crippen LogP contribution in [0.4, 0.5) is 23.7 Å². The quantitative estimate of drug-likeness (QED) is 0.691. The number of halogens is 3. The lowest BCUT2D eigenvalue weighted by Crippen LogP contribution is -2.72. The Morgan fingerprint density at radius 2 is 1.76 bits per heavy atom. The van der Waals surface area contributed by atoms with E-state index in [2.05, 4.69) is 4.99 Å². The molecular weight excluding hydrogens is 457 g/mol. The topological polar surface area (TPSA) is 117 Å². The van der Waals surface area contributed by atoms with Crippen molar-refractivity contribution in [2.75, 3.05) is 11.5 Å². The van der Waals surface area contributed by atoms with E-state index in [1.165, 1.54) is 48.5 Å². The largest absolute Gasteiger partial charge is 0.493 e. The van der Waals surface area contributed by atoms with E-state index >= 15 is 0 Å². The second kappa shape index (κ2) is 8.28. The van der Waals surface area contributed by atoms with Crippen LogP contribution in [0.2, 0.25) is 0 Å². The van der Waals surface area contributed by atoms with Crippen LogP contribution >= 0.6 is 0 Å². The van der Waals surface area contributed by atoms with E-state index in [1.807, 2.05) is 5.32 Å². The predicted molar refractivity (Wildman–Crippen MR) is 112 cm³/mol. The lowest BCUT2D eigenvalue weighted by molar-refractivity contribution is -0.201. The third-order valence-corrected chi connectivity index (χ3v) is 5.37. The van der Waals surface area contributed by atoms with E-state index in [4.69, 9.17) is 4.74 Å². The molecule has 0 radical (unpaired) electrons. The second-order valence-electron chi connectivity index (χ2n) is 7.36. The van der Waals surface area contributed by atoms with Crippen LogP contribution in [0.5, 0.6) is 5.75 Å². The van der Waals surface area contributed by atoms with Crippen molar-refractivity contribution in [3.8, 4) is 5.75 Å². The molecule has 2 aromatic rings. The Labute approximate surface area is 190 Å². The van der Waals surface area contributed by atoms with E-state index in [-0.39, 0.29) is 23.6 Å². The van der Waals surface area contributed by atoms with E-state index in [1.54, 1.807) is 18.3 Å². The molecule has 2 aliphatic rings. The number of hydrogen-bond donors (Lipinski definition) is 2. The number of alkyl halides is 3. The summed E-state index contributed by atoms with van der Waals surface area (Å²) in [5.41, 5.74) is -3.94.